The average molecular weight is 254 g/mol. The van der Waals surface area contributed by atoms with Gasteiger partial charge >= 0.3 is 0 Å². The Kier molecular flexibility index (Phi) is 3.17. The van der Waals surface area contributed by atoms with Crippen molar-refractivity contribution in [1.82, 2.24) is 9.97 Å². The van der Waals surface area contributed by atoms with Crippen molar-refractivity contribution in [3.8, 4) is 11.3 Å². The zero-order valence-corrected chi connectivity index (χ0v) is 10.3. The van der Waals surface area contributed by atoms with Gasteiger partial charge in [-0.15, -0.1) is 0 Å². The van der Waals surface area contributed by atoms with Gasteiger partial charge in [0.1, 0.15) is 11.6 Å². The molecule has 1 aromatic carbocycles. The highest BCUT2D eigenvalue weighted by molar-refractivity contribution is 6.33. The first-order chi connectivity index (χ1) is 7.99. The second-order valence-corrected chi connectivity index (χ2v) is 4.46. The summed E-state index contributed by atoms with van der Waals surface area (Å²) in [6.45, 7) is 3.49. The Morgan fingerprint density at radius 3 is 2.76 bits per heavy atom. The van der Waals surface area contributed by atoms with E-state index in [0.717, 1.165) is 0 Å². The molecule has 0 fully saturated rings. The molecule has 90 valence electrons. The summed E-state index contributed by atoms with van der Waals surface area (Å²) < 4.78 is 13.5. The zero-order valence-electron chi connectivity index (χ0n) is 9.59. The molecule has 0 aliphatic carbocycles. The Balaban J connectivity index is 2.49. The van der Waals surface area contributed by atoms with Crippen LogP contribution in [-0.2, 0) is 0 Å². The third-order valence-corrected chi connectivity index (χ3v) is 2.88. The average Bonchev–Trinajstić information content (AvgIpc) is 2.72. The van der Waals surface area contributed by atoms with Crippen LogP contribution in [0.3, 0.4) is 0 Å². The molecule has 2 rings (SSSR count). The van der Waals surface area contributed by atoms with Crippen LogP contribution in [0.15, 0.2) is 18.3 Å². The van der Waals surface area contributed by atoms with E-state index in [1.54, 1.807) is 19.2 Å². The van der Waals surface area contributed by atoms with Gasteiger partial charge in [0, 0.05) is 5.56 Å². The van der Waals surface area contributed by atoms with Crippen molar-refractivity contribution in [3.63, 3.8) is 0 Å². The van der Waals surface area contributed by atoms with Crippen molar-refractivity contribution in [2.45, 2.75) is 19.9 Å². The minimum Gasteiger partial charge on any atom is -0.341 e. The minimum absolute atomic E-state index is 0.196. The number of hydrogen-bond acceptors (Lipinski definition) is 2. The molecule has 3 N–H and O–H groups in total. The molecular formula is C12H13ClFN3. The standard InChI is InChI=1S/C12H13ClFN3/c1-6-3-9(13)8(4-10(6)14)11-5-16-12(17-11)7(2)15/h3-5,7H,15H2,1-2H3,(H,16,17). The summed E-state index contributed by atoms with van der Waals surface area (Å²) in [6, 6.07) is 2.80. The number of rotatable bonds is 2. The highest BCUT2D eigenvalue weighted by atomic mass is 35.5. The van der Waals surface area contributed by atoms with Crippen LogP contribution in [0.5, 0.6) is 0 Å². The summed E-state index contributed by atoms with van der Waals surface area (Å²) in [6.07, 6.45) is 1.61. The van der Waals surface area contributed by atoms with Gasteiger partial charge in [-0.3, -0.25) is 0 Å². The maximum absolute atomic E-state index is 13.5. The van der Waals surface area contributed by atoms with Gasteiger partial charge in [-0.1, -0.05) is 11.6 Å². The van der Waals surface area contributed by atoms with E-state index < -0.39 is 0 Å². The van der Waals surface area contributed by atoms with E-state index in [4.69, 9.17) is 17.3 Å². The molecule has 2 aromatic rings. The molecular weight excluding hydrogens is 241 g/mol. The molecule has 1 atom stereocenters. The molecule has 0 aliphatic heterocycles. The van der Waals surface area contributed by atoms with E-state index in [-0.39, 0.29) is 11.9 Å². The fraction of sp³-hybridized carbons (Fsp3) is 0.250. The Morgan fingerprint density at radius 1 is 1.47 bits per heavy atom. The van der Waals surface area contributed by atoms with Crippen LogP contribution in [0, 0.1) is 12.7 Å². The summed E-state index contributed by atoms with van der Waals surface area (Å²) in [4.78, 5) is 7.15. The predicted molar refractivity (Wildman–Crippen MR) is 66.3 cm³/mol. The largest absolute Gasteiger partial charge is 0.341 e. The van der Waals surface area contributed by atoms with Crippen LogP contribution in [0.4, 0.5) is 4.39 Å². The van der Waals surface area contributed by atoms with Gasteiger partial charge in [-0.05, 0) is 31.5 Å². The van der Waals surface area contributed by atoms with E-state index in [9.17, 15) is 4.39 Å². The van der Waals surface area contributed by atoms with Crippen molar-refractivity contribution in [3.05, 3.63) is 40.6 Å². The van der Waals surface area contributed by atoms with E-state index in [0.29, 0.717) is 27.7 Å². The minimum atomic E-state index is -0.290. The first kappa shape index (κ1) is 12.1. The fourth-order valence-electron chi connectivity index (χ4n) is 1.56. The molecule has 0 amide bonds. The lowest BCUT2D eigenvalue weighted by atomic mass is 10.1. The first-order valence-corrected chi connectivity index (χ1v) is 5.63. The van der Waals surface area contributed by atoms with Gasteiger partial charge in [0.05, 0.1) is 23.0 Å². The Morgan fingerprint density at radius 2 is 2.18 bits per heavy atom. The predicted octanol–water partition coefficient (Wildman–Crippen LogP) is 3.20. The SMILES string of the molecule is Cc1cc(Cl)c(-c2cnc(C(C)N)[nH]2)cc1F. The van der Waals surface area contributed by atoms with E-state index in [2.05, 4.69) is 9.97 Å². The monoisotopic (exact) mass is 253 g/mol. The molecule has 1 unspecified atom stereocenters. The van der Waals surface area contributed by atoms with Crippen molar-refractivity contribution < 1.29 is 4.39 Å². The topological polar surface area (TPSA) is 54.7 Å². The second kappa shape index (κ2) is 4.47. The molecule has 1 heterocycles. The number of aryl methyl sites for hydroxylation is 1. The molecule has 0 aliphatic rings. The molecule has 0 spiro atoms. The molecule has 1 aromatic heterocycles. The van der Waals surface area contributed by atoms with Gasteiger partial charge in [0.25, 0.3) is 0 Å². The smallest absolute Gasteiger partial charge is 0.126 e. The maximum atomic E-state index is 13.5. The number of benzene rings is 1. The molecule has 0 radical (unpaired) electrons. The van der Waals surface area contributed by atoms with Crippen LogP contribution in [-0.4, -0.2) is 9.97 Å². The van der Waals surface area contributed by atoms with Crippen molar-refractivity contribution in [1.29, 1.82) is 0 Å². The zero-order chi connectivity index (χ0) is 12.6. The quantitative estimate of drug-likeness (QED) is 0.864. The third-order valence-electron chi connectivity index (χ3n) is 2.57. The molecule has 0 saturated heterocycles. The van der Waals surface area contributed by atoms with Crippen LogP contribution in [0.1, 0.15) is 24.4 Å². The van der Waals surface area contributed by atoms with Crippen LogP contribution < -0.4 is 5.73 Å². The van der Waals surface area contributed by atoms with Crippen molar-refractivity contribution in [2.75, 3.05) is 0 Å². The van der Waals surface area contributed by atoms with Gasteiger partial charge in [-0.25, -0.2) is 9.37 Å². The summed E-state index contributed by atoms with van der Waals surface area (Å²) in [5, 5.41) is 0.490. The van der Waals surface area contributed by atoms with Crippen LogP contribution in [0.25, 0.3) is 11.3 Å². The normalized spacial score (nSPS) is 12.8. The summed E-state index contributed by atoms with van der Waals surface area (Å²) in [5.41, 5.74) is 7.48. The highest BCUT2D eigenvalue weighted by Crippen LogP contribution is 2.29. The summed E-state index contributed by atoms with van der Waals surface area (Å²) in [7, 11) is 0. The Labute approximate surface area is 104 Å². The van der Waals surface area contributed by atoms with Crippen LogP contribution in [0.2, 0.25) is 5.02 Å². The second-order valence-electron chi connectivity index (χ2n) is 4.05. The number of nitrogens with one attached hydrogen (secondary N) is 1. The maximum Gasteiger partial charge on any atom is 0.126 e. The number of nitrogens with two attached hydrogens (primary N) is 1. The van der Waals surface area contributed by atoms with E-state index >= 15 is 0 Å². The van der Waals surface area contributed by atoms with Gasteiger partial charge < -0.3 is 10.7 Å². The molecule has 0 bridgehead atoms. The fourth-order valence-corrected chi connectivity index (χ4v) is 1.88. The Hall–Kier alpha value is -1.39. The molecule has 0 saturated carbocycles. The number of aromatic nitrogens is 2. The summed E-state index contributed by atoms with van der Waals surface area (Å²) in [5.74, 6) is 0.360. The number of aromatic amines is 1. The Bertz CT molecular complexity index is 549. The number of H-pyrrole nitrogens is 1. The van der Waals surface area contributed by atoms with Crippen LogP contribution >= 0.6 is 11.6 Å². The van der Waals surface area contributed by atoms with E-state index in [1.165, 1.54) is 6.07 Å². The third kappa shape index (κ3) is 2.33. The lowest BCUT2D eigenvalue weighted by Crippen LogP contribution is -2.06. The van der Waals surface area contributed by atoms with Crippen molar-refractivity contribution in [2.24, 2.45) is 5.73 Å². The number of hydrogen-bond donors (Lipinski definition) is 2. The van der Waals surface area contributed by atoms with Gasteiger partial charge in [-0.2, -0.15) is 0 Å². The highest BCUT2D eigenvalue weighted by Gasteiger charge is 2.11. The molecule has 17 heavy (non-hydrogen) atoms. The van der Waals surface area contributed by atoms with E-state index in [1.807, 2.05) is 6.92 Å². The lowest BCUT2D eigenvalue weighted by molar-refractivity contribution is 0.619. The van der Waals surface area contributed by atoms with Gasteiger partial charge in [0.15, 0.2) is 0 Å². The number of imidazole rings is 1. The summed E-state index contributed by atoms with van der Waals surface area (Å²) >= 11 is 6.08. The van der Waals surface area contributed by atoms with Gasteiger partial charge in [0.2, 0.25) is 0 Å². The lowest BCUT2D eigenvalue weighted by Gasteiger charge is -2.04. The number of halogens is 2. The van der Waals surface area contributed by atoms with Crippen molar-refractivity contribution >= 4 is 11.6 Å². The first-order valence-electron chi connectivity index (χ1n) is 5.25. The number of nitrogens with zero attached hydrogens (tertiary/aromatic N) is 1. The molecule has 3 nitrogen and oxygen atoms in total. The molecule has 5 heteroatoms.